The molecule has 1 fully saturated rings. The molecule has 3 aromatic rings. The topological polar surface area (TPSA) is 164 Å². The Morgan fingerprint density at radius 1 is 1.16 bits per heavy atom. The molecule has 17 heteroatoms. The van der Waals surface area contributed by atoms with Gasteiger partial charge in [0.25, 0.3) is 5.91 Å². The van der Waals surface area contributed by atoms with Crippen molar-refractivity contribution in [3.05, 3.63) is 36.2 Å². The van der Waals surface area contributed by atoms with Crippen molar-refractivity contribution in [3.63, 3.8) is 0 Å². The van der Waals surface area contributed by atoms with Gasteiger partial charge in [-0.3, -0.25) is 14.3 Å². The average molecular weight is 553 g/mol. The second kappa shape index (κ2) is 10.7. The highest BCUT2D eigenvalue weighted by Gasteiger charge is 2.30. The number of carbonyl (C=O) groups is 2. The Bertz CT molecular complexity index is 1490. The molecule has 38 heavy (non-hydrogen) atoms. The Morgan fingerprint density at radius 2 is 1.89 bits per heavy atom. The molecule has 0 radical (unpaired) electrons. The van der Waals surface area contributed by atoms with Gasteiger partial charge in [0.15, 0.2) is 17.3 Å². The second-order valence-corrected chi connectivity index (χ2v) is 12.7. The lowest BCUT2D eigenvalue weighted by Gasteiger charge is -2.22. The van der Waals surface area contributed by atoms with Crippen LogP contribution >= 0.6 is 11.3 Å². The molecule has 12 nitrogen and oxygen atoms in total. The summed E-state index contributed by atoms with van der Waals surface area (Å²) in [6, 6.07) is 6.85. The van der Waals surface area contributed by atoms with Gasteiger partial charge in [-0.25, -0.2) is 13.4 Å². The fourth-order valence-corrected chi connectivity index (χ4v) is 5.22. The summed E-state index contributed by atoms with van der Waals surface area (Å²) in [6.45, 7) is 0. The molecule has 0 bridgehead atoms. The number of anilines is 4. The third kappa shape index (κ3) is 7.04. The minimum absolute atomic E-state index is 0.0330. The number of nitrogens with one attached hydrogen (secondary N) is 4. The van der Waals surface area contributed by atoms with Gasteiger partial charge < -0.3 is 20.7 Å². The van der Waals surface area contributed by atoms with Crippen molar-refractivity contribution in [3.8, 4) is 16.3 Å². The molecule has 0 aliphatic heterocycles. The van der Waals surface area contributed by atoms with Crippen LogP contribution in [0.25, 0.3) is 10.6 Å². The molecular weight excluding hydrogens is 527 g/mol. The van der Waals surface area contributed by atoms with E-state index in [9.17, 15) is 18.0 Å². The van der Waals surface area contributed by atoms with Crippen LogP contribution in [-0.2, 0) is 14.8 Å². The van der Waals surface area contributed by atoms with E-state index < -0.39 is 21.2 Å². The van der Waals surface area contributed by atoms with Crippen LogP contribution in [0.1, 0.15) is 23.3 Å². The first kappa shape index (κ1) is 27.4. The third-order valence-corrected chi connectivity index (χ3v) is 6.87. The number of benzene rings is 1. The van der Waals surface area contributed by atoms with Gasteiger partial charge in [-0.15, -0.1) is 10.2 Å². The monoisotopic (exact) mass is 553 g/mol. The van der Waals surface area contributed by atoms with Crippen LogP contribution in [0.3, 0.4) is 0 Å². The maximum atomic E-state index is 13.0. The van der Waals surface area contributed by atoms with E-state index in [0.29, 0.717) is 32.7 Å². The van der Waals surface area contributed by atoms with E-state index in [1.54, 1.807) is 24.3 Å². The van der Waals surface area contributed by atoms with E-state index in [1.807, 2.05) is 23.5 Å². The number of ether oxygens (including phenoxy) is 1. The summed E-state index contributed by atoms with van der Waals surface area (Å²) in [5.41, 5.74) is 1.44. The van der Waals surface area contributed by atoms with Gasteiger partial charge in [-0.2, -0.15) is 0 Å². The van der Waals surface area contributed by atoms with Gasteiger partial charge >= 0.3 is 0 Å². The maximum absolute atomic E-state index is 13.0. The number of hydrogen-bond acceptors (Lipinski definition) is 10. The molecule has 2 aromatic heterocycles. The van der Waals surface area contributed by atoms with Crippen molar-refractivity contribution in [2.75, 3.05) is 28.7 Å². The van der Waals surface area contributed by atoms with Crippen molar-refractivity contribution in [2.24, 2.45) is 5.92 Å². The Balaban J connectivity index is 1.71. The van der Waals surface area contributed by atoms with E-state index in [1.165, 1.54) is 13.3 Å². The highest BCUT2D eigenvalue weighted by Crippen LogP contribution is 2.41. The predicted octanol–water partition coefficient (Wildman–Crippen LogP) is -0.687. The minimum Gasteiger partial charge on any atom is -0.494 e. The zero-order valence-electron chi connectivity index (χ0n) is 21.6. The van der Waals surface area contributed by atoms with E-state index in [-0.39, 0.29) is 23.3 Å². The highest BCUT2D eigenvalue weighted by atomic mass is 32.2. The van der Waals surface area contributed by atoms with E-state index in [0.717, 1.165) is 30.4 Å². The average Bonchev–Trinajstić information content (AvgIpc) is 3.57. The molecule has 0 spiro atoms. The first-order chi connectivity index (χ1) is 17.8. The van der Waals surface area contributed by atoms with Crippen LogP contribution in [-0.4, -0.2) is 77.6 Å². The molecule has 2 heterocycles. The SMILES string of the molecule is BC(B)(B)NC(=O)c1nnc(NC(=O)C2CC2)cc1Nc1cccc(-c2ncc(NS(C)(=O)=O)s2)c1OC. The van der Waals surface area contributed by atoms with Gasteiger partial charge in [0.05, 0.1) is 36.5 Å². The van der Waals surface area contributed by atoms with E-state index in [4.69, 9.17) is 4.74 Å². The second-order valence-electron chi connectivity index (χ2n) is 9.87. The molecule has 0 atom stereocenters. The summed E-state index contributed by atoms with van der Waals surface area (Å²) in [7, 11) is 3.59. The number of rotatable bonds is 10. The van der Waals surface area contributed by atoms with Crippen molar-refractivity contribution < 1.29 is 22.7 Å². The molecule has 4 N–H and O–H groups in total. The zero-order valence-corrected chi connectivity index (χ0v) is 23.2. The molecule has 196 valence electrons. The summed E-state index contributed by atoms with van der Waals surface area (Å²) >= 11 is 1.15. The standard InChI is InChI=1S/C21H26B3N7O5S2/c1-36-17-11(20-25-9-15(37-20)31-38(2,34)35)4-3-5-12(17)26-13-8-14(27-18(32)10-6-7-10)29-30-16(13)19(33)28-21(22,23)24/h3-5,8-10,31H,6-7,22-24H2,1-2H3,(H,28,33)(H2,26,27,29,32). The largest absolute Gasteiger partial charge is 0.494 e. The summed E-state index contributed by atoms with van der Waals surface area (Å²) < 4.78 is 31.3. The summed E-state index contributed by atoms with van der Waals surface area (Å²) in [5.74, 6) is 0.00545. The van der Waals surface area contributed by atoms with Crippen molar-refractivity contribution in [1.82, 2.24) is 20.5 Å². The Labute approximate surface area is 227 Å². The number of hydrogen-bond donors (Lipinski definition) is 4. The normalized spacial score (nSPS) is 13.4. The molecule has 1 aliphatic rings. The maximum Gasteiger partial charge on any atom is 0.272 e. The van der Waals surface area contributed by atoms with Gasteiger partial charge in [0.1, 0.15) is 33.5 Å². The van der Waals surface area contributed by atoms with Gasteiger partial charge in [-0.1, -0.05) is 17.4 Å². The first-order valence-electron chi connectivity index (χ1n) is 11.7. The number of nitrogens with zero attached hydrogens (tertiary/aromatic N) is 3. The molecule has 2 amide bonds. The number of aromatic nitrogens is 3. The number of sulfonamides is 1. The van der Waals surface area contributed by atoms with E-state index >= 15 is 0 Å². The lowest BCUT2D eigenvalue weighted by atomic mass is 9.49. The quantitative estimate of drug-likeness (QED) is 0.238. The number of amides is 2. The van der Waals surface area contributed by atoms with Crippen LogP contribution in [0.4, 0.5) is 22.2 Å². The van der Waals surface area contributed by atoms with Crippen LogP contribution in [0.5, 0.6) is 5.75 Å². The smallest absolute Gasteiger partial charge is 0.272 e. The first-order valence-corrected chi connectivity index (χ1v) is 14.4. The summed E-state index contributed by atoms with van der Waals surface area (Å²) in [4.78, 5) is 29.7. The van der Waals surface area contributed by atoms with Crippen LogP contribution in [0.2, 0.25) is 0 Å². The highest BCUT2D eigenvalue weighted by molar-refractivity contribution is 7.92. The minimum atomic E-state index is -3.45. The number of carbonyl (C=O) groups excluding carboxylic acids is 2. The zero-order chi connectivity index (χ0) is 27.7. The fraction of sp³-hybridized carbons (Fsp3) is 0.286. The Morgan fingerprint density at radius 3 is 2.53 bits per heavy atom. The molecular formula is C21H26B3N7O5S2. The molecule has 0 unspecified atom stereocenters. The summed E-state index contributed by atoms with van der Waals surface area (Å²) in [6.07, 6.45) is 4.16. The Kier molecular flexibility index (Phi) is 7.69. The van der Waals surface area contributed by atoms with Crippen LogP contribution < -0.4 is 25.4 Å². The van der Waals surface area contributed by atoms with E-state index in [2.05, 4.69) is 35.9 Å². The number of thiazole rings is 1. The van der Waals surface area contributed by atoms with Crippen LogP contribution in [0.15, 0.2) is 30.5 Å². The van der Waals surface area contributed by atoms with Crippen molar-refractivity contribution in [1.29, 1.82) is 0 Å². The molecule has 1 aromatic carbocycles. The van der Waals surface area contributed by atoms with Gasteiger partial charge in [0.2, 0.25) is 15.9 Å². The Hall–Kier alpha value is -3.59. The fourth-order valence-electron chi connectivity index (χ4n) is 3.49. The predicted molar refractivity (Wildman–Crippen MR) is 155 cm³/mol. The number of methoxy groups -OCH3 is 1. The molecule has 0 saturated heterocycles. The third-order valence-electron chi connectivity index (χ3n) is 5.21. The van der Waals surface area contributed by atoms with Gasteiger partial charge in [0, 0.05) is 12.0 Å². The summed E-state index contributed by atoms with van der Waals surface area (Å²) in [5, 5.41) is 17.3. The lowest BCUT2D eigenvalue weighted by Crippen LogP contribution is -2.50. The van der Waals surface area contributed by atoms with Crippen LogP contribution in [0, 0.1) is 5.92 Å². The lowest BCUT2D eigenvalue weighted by molar-refractivity contribution is -0.117. The van der Waals surface area contributed by atoms with Crippen molar-refractivity contribution >= 4 is 78.9 Å². The molecule has 1 saturated carbocycles. The number of para-hydroxylation sites is 1. The van der Waals surface area contributed by atoms with Crippen molar-refractivity contribution in [2.45, 2.75) is 18.1 Å². The van der Waals surface area contributed by atoms with Gasteiger partial charge in [-0.05, 0) is 30.2 Å². The molecule has 4 rings (SSSR count). The molecule has 1 aliphatic carbocycles.